The Morgan fingerprint density at radius 1 is 1.55 bits per heavy atom. The smallest absolute Gasteiger partial charge is 0.325 e. The highest BCUT2D eigenvalue weighted by Crippen LogP contribution is 2.07. The largest absolute Gasteiger partial charge is 0.459 e. The standard InChI is InChI=1S/C7H15NO3/c1-5(8-10)6(9)11-7(2,3)4/h5,8,10H,1-4H3. The lowest BCUT2D eigenvalue weighted by molar-refractivity contribution is -0.159. The molecule has 4 nitrogen and oxygen atoms in total. The van der Waals surface area contributed by atoms with Gasteiger partial charge in [0.25, 0.3) is 0 Å². The van der Waals surface area contributed by atoms with E-state index in [4.69, 9.17) is 9.94 Å². The highest BCUT2D eigenvalue weighted by molar-refractivity contribution is 5.75. The van der Waals surface area contributed by atoms with Gasteiger partial charge in [-0.2, -0.15) is 5.48 Å². The molecular formula is C7H15NO3. The maximum absolute atomic E-state index is 10.9. The van der Waals surface area contributed by atoms with E-state index in [9.17, 15) is 4.79 Å². The number of hydrogen-bond acceptors (Lipinski definition) is 4. The Morgan fingerprint density at radius 3 is 2.27 bits per heavy atom. The zero-order valence-electron chi connectivity index (χ0n) is 7.34. The zero-order valence-corrected chi connectivity index (χ0v) is 7.34. The molecule has 0 aromatic rings. The van der Waals surface area contributed by atoms with E-state index in [1.807, 2.05) is 5.48 Å². The van der Waals surface area contributed by atoms with E-state index < -0.39 is 17.6 Å². The van der Waals surface area contributed by atoms with Crippen molar-refractivity contribution in [3.05, 3.63) is 0 Å². The van der Waals surface area contributed by atoms with Crippen LogP contribution >= 0.6 is 0 Å². The lowest BCUT2D eigenvalue weighted by Gasteiger charge is -2.21. The molecule has 4 heteroatoms. The highest BCUT2D eigenvalue weighted by Gasteiger charge is 2.20. The molecule has 66 valence electrons. The Morgan fingerprint density at radius 2 is 2.00 bits per heavy atom. The van der Waals surface area contributed by atoms with E-state index in [2.05, 4.69) is 0 Å². The summed E-state index contributed by atoms with van der Waals surface area (Å²) in [6.45, 7) is 6.84. The molecule has 11 heavy (non-hydrogen) atoms. The molecule has 1 unspecified atom stereocenters. The molecule has 0 rings (SSSR count). The Labute approximate surface area is 66.5 Å². The summed E-state index contributed by atoms with van der Waals surface area (Å²) in [5.41, 5.74) is 1.31. The summed E-state index contributed by atoms with van der Waals surface area (Å²) in [7, 11) is 0. The van der Waals surface area contributed by atoms with Gasteiger partial charge in [-0.3, -0.25) is 4.79 Å². The van der Waals surface area contributed by atoms with Gasteiger partial charge in [0, 0.05) is 0 Å². The third-order valence-corrected chi connectivity index (χ3v) is 0.954. The van der Waals surface area contributed by atoms with Crippen LogP contribution in [0.3, 0.4) is 0 Å². The van der Waals surface area contributed by atoms with Gasteiger partial charge in [0.2, 0.25) is 0 Å². The van der Waals surface area contributed by atoms with Crippen LogP contribution in [0.4, 0.5) is 0 Å². The molecule has 0 fully saturated rings. The van der Waals surface area contributed by atoms with E-state index in [-0.39, 0.29) is 0 Å². The van der Waals surface area contributed by atoms with Crippen LogP contribution in [0.1, 0.15) is 27.7 Å². The van der Waals surface area contributed by atoms with Crippen molar-refractivity contribution in [2.75, 3.05) is 0 Å². The van der Waals surface area contributed by atoms with Crippen LogP contribution in [-0.2, 0) is 9.53 Å². The van der Waals surface area contributed by atoms with Gasteiger partial charge >= 0.3 is 5.97 Å². The molecule has 0 saturated heterocycles. The van der Waals surface area contributed by atoms with E-state index in [1.54, 1.807) is 20.8 Å². The SMILES string of the molecule is CC(NO)C(=O)OC(C)(C)C. The fourth-order valence-corrected chi connectivity index (χ4v) is 0.443. The Bertz CT molecular complexity index is 139. The van der Waals surface area contributed by atoms with Crippen LogP contribution in [-0.4, -0.2) is 22.8 Å². The number of esters is 1. The van der Waals surface area contributed by atoms with Crippen LogP contribution in [0.2, 0.25) is 0 Å². The van der Waals surface area contributed by atoms with Gasteiger partial charge in [-0.25, -0.2) is 0 Å². The summed E-state index contributed by atoms with van der Waals surface area (Å²) in [6.07, 6.45) is 0. The minimum absolute atomic E-state index is 0.458. The average Bonchev–Trinajstić information content (AvgIpc) is 1.82. The summed E-state index contributed by atoms with van der Waals surface area (Å²) >= 11 is 0. The third-order valence-electron chi connectivity index (χ3n) is 0.954. The summed E-state index contributed by atoms with van der Waals surface area (Å²) in [4.78, 5) is 10.9. The first-order valence-electron chi connectivity index (χ1n) is 3.49. The number of carbonyl (C=O) groups is 1. The molecule has 0 amide bonds. The number of nitrogens with one attached hydrogen (secondary N) is 1. The maximum Gasteiger partial charge on any atom is 0.325 e. The Hall–Kier alpha value is -0.610. The van der Waals surface area contributed by atoms with Crippen molar-refractivity contribution in [1.29, 1.82) is 0 Å². The zero-order chi connectivity index (χ0) is 9.07. The second kappa shape index (κ2) is 3.69. The van der Waals surface area contributed by atoms with Crippen molar-refractivity contribution in [3.63, 3.8) is 0 Å². The molecule has 0 aromatic heterocycles. The van der Waals surface area contributed by atoms with Crippen LogP contribution in [0.15, 0.2) is 0 Å². The average molecular weight is 161 g/mol. The lowest BCUT2D eigenvalue weighted by atomic mass is 10.2. The van der Waals surface area contributed by atoms with Gasteiger partial charge in [-0.05, 0) is 27.7 Å². The van der Waals surface area contributed by atoms with Gasteiger partial charge in [0.15, 0.2) is 0 Å². The summed E-state index contributed by atoms with van der Waals surface area (Å²) in [6, 6.07) is -0.672. The minimum Gasteiger partial charge on any atom is -0.459 e. The molecule has 0 bridgehead atoms. The van der Waals surface area contributed by atoms with Crippen LogP contribution in [0.25, 0.3) is 0 Å². The third kappa shape index (κ3) is 4.75. The molecule has 0 aromatic carbocycles. The molecule has 1 atom stereocenters. The van der Waals surface area contributed by atoms with Crippen molar-refractivity contribution < 1.29 is 14.7 Å². The topological polar surface area (TPSA) is 58.6 Å². The summed E-state index contributed by atoms with van der Waals surface area (Å²) < 4.78 is 4.93. The predicted molar refractivity (Wildman–Crippen MR) is 40.2 cm³/mol. The molecule has 0 heterocycles. The summed E-state index contributed by atoms with van der Waals surface area (Å²) in [5, 5.41) is 8.35. The van der Waals surface area contributed by atoms with Gasteiger partial charge < -0.3 is 9.94 Å². The molecule has 0 radical (unpaired) electrons. The highest BCUT2D eigenvalue weighted by atomic mass is 16.6. The van der Waals surface area contributed by atoms with Gasteiger partial charge in [0.1, 0.15) is 11.6 Å². The predicted octanol–water partition coefficient (Wildman–Crippen LogP) is 0.695. The Kier molecular flexibility index (Phi) is 3.48. The van der Waals surface area contributed by atoms with Crippen LogP contribution < -0.4 is 5.48 Å². The number of ether oxygens (including phenoxy) is 1. The maximum atomic E-state index is 10.9. The van der Waals surface area contributed by atoms with E-state index >= 15 is 0 Å². The molecule has 0 spiro atoms. The monoisotopic (exact) mass is 161 g/mol. The Balaban J connectivity index is 3.88. The summed E-state index contributed by atoms with van der Waals surface area (Å²) in [5.74, 6) is -0.458. The lowest BCUT2D eigenvalue weighted by Crippen LogP contribution is -2.37. The van der Waals surface area contributed by atoms with Crippen LogP contribution in [0.5, 0.6) is 0 Å². The molecule has 0 aliphatic carbocycles. The number of carbonyl (C=O) groups excluding carboxylic acids is 1. The molecule has 0 aliphatic rings. The van der Waals surface area contributed by atoms with Crippen LogP contribution in [0, 0.1) is 0 Å². The first kappa shape index (κ1) is 10.4. The second-order valence-corrected chi connectivity index (χ2v) is 3.38. The number of hydrogen-bond donors (Lipinski definition) is 2. The van der Waals surface area contributed by atoms with Crippen molar-refractivity contribution in [2.45, 2.75) is 39.3 Å². The van der Waals surface area contributed by atoms with E-state index in [1.165, 1.54) is 6.92 Å². The fraction of sp³-hybridized carbons (Fsp3) is 0.857. The van der Waals surface area contributed by atoms with Crippen molar-refractivity contribution >= 4 is 5.97 Å². The quantitative estimate of drug-likeness (QED) is 0.462. The molecular weight excluding hydrogens is 146 g/mol. The van der Waals surface area contributed by atoms with Crippen molar-refractivity contribution in [3.8, 4) is 0 Å². The fourth-order valence-electron chi connectivity index (χ4n) is 0.443. The van der Waals surface area contributed by atoms with E-state index in [0.29, 0.717) is 0 Å². The number of hydroxylamine groups is 1. The first-order chi connectivity index (χ1) is 4.87. The molecule has 0 aliphatic heterocycles. The van der Waals surface area contributed by atoms with Gasteiger partial charge in [-0.15, -0.1) is 0 Å². The van der Waals surface area contributed by atoms with Crippen molar-refractivity contribution in [1.82, 2.24) is 5.48 Å². The number of rotatable bonds is 2. The molecule has 0 saturated carbocycles. The second-order valence-electron chi connectivity index (χ2n) is 3.38. The van der Waals surface area contributed by atoms with Gasteiger partial charge in [-0.1, -0.05) is 0 Å². The first-order valence-corrected chi connectivity index (χ1v) is 3.49. The van der Waals surface area contributed by atoms with E-state index in [0.717, 1.165) is 0 Å². The normalized spacial score (nSPS) is 14.3. The van der Waals surface area contributed by atoms with Crippen molar-refractivity contribution in [2.24, 2.45) is 0 Å². The molecule has 2 N–H and O–H groups in total. The van der Waals surface area contributed by atoms with Gasteiger partial charge in [0.05, 0.1) is 0 Å². The minimum atomic E-state index is -0.672.